The average molecular weight is 315 g/mol. The van der Waals surface area contributed by atoms with Crippen LogP contribution in [0.4, 0.5) is 0 Å². The van der Waals surface area contributed by atoms with Crippen molar-refractivity contribution in [3.8, 4) is 17.4 Å². The van der Waals surface area contributed by atoms with E-state index in [2.05, 4.69) is 5.32 Å². The fourth-order valence-electron chi connectivity index (χ4n) is 1.86. The Balaban J connectivity index is 2.25. The smallest absolute Gasteiger partial charge is 0.262 e. The molecule has 1 aromatic carbocycles. The molecule has 0 fully saturated rings. The minimum absolute atomic E-state index is 0.000643. The zero-order valence-electron chi connectivity index (χ0n) is 12.3. The number of furan rings is 1. The van der Waals surface area contributed by atoms with Crippen molar-refractivity contribution in [2.45, 2.75) is 19.9 Å². The summed E-state index contributed by atoms with van der Waals surface area (Å²) in [6.07, 6.45) is 1.42. The Labute approximate surface area is 134 Å². The van der Waals surface area contributed by atoms with Crippen molar-refractivity contribution in [1.29, 1.82) is 5.26 Å². The predicted octanol–water partition coefficient (Wildman–Crippen LogP) is 4.03. The summed E-state index contributed by atoms with van der Waals surface area (Å²) in [7, 11) is 0. The summed E-state index contributed by atoms with van der Waals surface area (Å²) < 4.78 is 5.65. The molecule has 0 spiro atoms. The predicted molar refractivity (Wildman–Crippen MR) is 86.0 cm³/mol. The summed E-state index contributed by atoms with van der Waals surface area (Å²) in [5.74, 6) is 0.638. The molecule has 0 bridgehead atoms. The highest BCUT2D eigenvalue weighted by Crippen LogP contribution is 2.25. The highest BCUT2D eigenvalue weighted by Gasteiger charge is 2.11. The summed E-state index contributed by atoms with van der Waals surface area (Å²) in [6.45, 7) is 3.66. The Morgan fingerprint density at radius 3 is 2.77 bits per heavy atom. The summed E-state index contributed by atoms with van der Waals surface area (Å²) in [4.78, 5) is 11.8. The molecule has 1 N–H and O–H groups in total. The number of hydrogen-bond acceptors (Lipinski definition) is 3. The molecule has 1 aromatic heterocycles. The fraction of sp³-hybridized carbons (Fsp3) is 0.176. The second-order valence-electron chi connectivity index (χ2n) is 5.01. The number of nitriles is 1. The van der Waals surface area contributed by atoms with Crippen LogP contribution in [0.25, 0.3) is 17.4 Å². The number of carbonyl (C=O) groups excluding carboxylic acids is 1. The lowest BCUT2D eigenvalue weighted by Gasteiger charge is -2.06. The number of benzene rings is 1. The summed E-state index contributed by atoms with van der Waals surface area (Å²) in [5, 5.41) is 12.4. The zero-order valence-corrected chi connectivity index (χ0v) is 13.0. The molecule has 2 aromatic rings. The lowest BCUT2D eigenvalue weighted by atomic mass is 10.2. The summed E-state index contributed by atoms with van der Waals surface area (Å²) >= 11 is 5.95. The molecular weight excluding hydrogens is 300 g/mol. The van der Waals surface area contributed by atoms with Crippen molar-refractivity contribution < 1.29 is 9.21 Å². The summed E-state index contributed by atoms with van der Waals surface area (Å²) in [5.41, 5.74) is 0.831. The van der Waals surface area contributed by atoms with E-state index >= 15 is 0 Å². The number of carbonyl (C=O) groups is 1. The molecule has 1 amide bonds. The molecule has 0 saturated heterocycles. The number of rotatable bonds is 4. The van der Waals surface area contributed by atoms with Gasteiger partial charge in [-0.05, 0) is 38.1 Å². The van der Waals surface area contributed by atoms with E-state index in [0.29, 0.717) is 16.5 Å². The largest absolute Gasteiger partial charge is 0.457 e. The van der Waals surface area contributed by atoms with Crippen LogP contribution in [-0.2, 0) is 4.79 Å². The first-order chi connectivity index (χ1) is 10.5. The van der Waals surface area contributed by atoms with Crippen LogP contribution >= 0.6 is 11.6 Å². The molecule has 2 rings (SSSR count). The maximum atomic E-state index is 11.8. The first-order valence-corrected chi connectivity index (χ1v) is 7.16. The van der Waals surface area contributed by atoms with Gasteiger partial charge in [0.25, 0.3) is 5.91 Å². The third kappa shape index (κ3) is 4.00. The Hall–Kier alpha value is -2.51. The lowest BCUT2D eigenvalue weighted by molar-refractivity contribution is -0.117. The van der Waals surface area contributed by atoms with Crippen molar-refractivity contribution >= 4 is 23.6 Å². The number of amides is 1. The number of nitrogens with zero attached hydrogens (tertiary/aromatic N) is 1. The molecule has 0 aliphatic rings. The number of nitrogens with one attached hydrogen (secondary N) is 1. The van der Waals surface area contributed by atoms with Crippen molar-refractivity contribution in [2.75, 3.05) is 0 Å². The van der Waals surface area contributed by atoms with Crippen LogP contribution in [0.5, 0.6) is 0 Å². The van der Waals surface area contributed by atoms with Gasteiger partial charge in [0.2, 0.25) is 0 Å². The third-order valence-electron chi connectivity index (χ3n) is 2.81. The maximum absolute atomic E-state index is 11.8. The Morgan fingerprint density at radius 2 is 2.14 bits per heavy atom. The molecule has 4 nitrogen and oxygen atoms in total. The van der Waals surface area contributed by atoms with Gasteiger partial charge >= 0.3 is 0 Å². The number of halogens is 1. The summed E-state index contributed by atoms with van der Waals surface area (Å²) in [6, 6.07) is 12.6. The number of hydrogen-bond donors (Lipinski definition) is 1. The standard InChI is InChI=1S/C17H15ClN2O2/c1-11(2)20-17(21)13(10-19)9-15-6-7-16(22-15)12-4-3-5-14(18)8-12/h3-9,11H,1-2H3,(H,20,21)/b13-9-. The van der Waals surface area contributed by atoms with Gasteiger partial charge in [0, 0.05) is 22.7 Å². The molecular formula is C17H15ClN2O2. The molecule has 0 atom stereocenters. The highest BCUT2D eigenvalue weighted by atomic mass is 35.5. The SMILES string of the molecule is CC(C)NC(=O)/C(C#N)=C\c1ccc(-c2cccc(Cl)c2)o1. The lowest BCUT2D eigenvalue weighted by Crippen LogP contribution is -2.30. The Morgan fingerprint density at radius 1 is 1.36 bits per heavy atom. The van der Waals surface area contributed by atoms with E-state index in [1.54, 1.807) is 24.3 Å². The molecule has 0 aliphatic carbocycles. The molecule has 5 heteroatoms. The van der Waals surface area contributed by atoms with Crippen LogP contribution in [0, 0.1) is 11.3 Å². The van der Waals surface area contributed by atoms with Gasteiger partial charge < -0.3 is 9.73 Å². The van der Waals surface area contributed by atoms with Gasteiger partial charge in [-0.25, -0.2) is 0 Å². The van der Waals surface area contributed by atoms with E-state index in [4.69, 9.17) is 21.3 Å². The fourth-order valence-corrected chi connectivity index (χ4v) is 2.05. The van der Waals surface area contributed by atoms with Crippen LogP contribution < -0.4 is 5.32 Å². The van der Waals surface area contributed by atoms with Crippen LogP contribution in [0.2, 0.25) is 5.02 Å². The second-order valence-corrected chi connectivity index (χ2v) is 5.45. The van der Waals surface area contributed by atoms with E-state index in [1.807, 2.05) is 32.0 Å². The molecule has 0 radical (unpaired) electrons. The van der Waals surface area contributed by atoms with Crippen LogP contribution in [0.3, 0.4) is 0 Å². The van der Waals surface area contributed by atoms with Gasteiger partial charge in [-0.1, -0.05) is 23.7 Å². The van der Waals surface area contributed by atoms with Gasteiger partial charge in [0.15, 0.2) is 0 Å². The topological polar surface area (TPSA) is 66.0 Å². The Bertz CT molecular complexity index is 754. The van der Waals surface area contributed by atoms with Crippen LogP contribution in [0.1, 0.15) is 19.6 Å². The first kappa shape index (κ1) is 15.9. The molecule has 0 unspecified atom stereocenters. The minimum Gasteiger partial charge on any atom is -0.457 e. The second kappa shape index (κ2) is 6.97. The van der Waals surface area contributed by atoms with E-state index < -0.39 is 5.91 Å². The molecule has 112 valence electrons. The normalized spacial score (nSPS) is 11.3. The van der Waals surface area contributed by atoms with Gasteiger partial charge in [-0.2, -0.15) is 5.26 Å². The van der Waals surface area contributed by atoms with Crippen LogP contribution in [0.15, 0.2) is 46.4 Å². The quantitative estimate of drug-likeness (QED) is 0.684. The van der Waals surface area contributed by atoms with Gasteiger partial charge in [-0.15, -0.1) is 0 Å². The third-order valence-corrected chi connectivity index (χ3v) is 3.04. The molecule has 22 heavy (non-hydrogen) atoms. The van der Waals surface area contributed by atoms with Gasteiger partial charge in [0.1, 0.15) is 23.2 Å². The average Bonchev–Trinajstić information content (AvgIpc) is 2.92. The monoisotopic (exact) mass is 314 g/mol. The van der Waals surface area contributed by atoms with E-state index in [1.165, 1.54) is 6.08 Å². The zero-order chi connectivity index (χ0) is 16.1. The van der Waals surface area contributed by atoms with Crippen molar-refractivity contribution in [1.82, 2.24) is 5.32 Å². The molecule has 0 aliphatic heterocycles. The molecule has 1 heterocycles. The van der Waals surface area contributed by atoms with Gasteiger partial charge in [-0.3, -0.25) is 4.79 Å². The van der Waals surface area contributed by atoms with Crippen molar-refractivity contribution in [2.24, 2.45) is 0 Å². The van der Waals surface area contributed by atoms with E-state index in [9.17, 15) is 4.79 Å². The van der Waals surface area contributed by atoms with Crippen molar-refractivity contribution in [3.63, 3.8) is 0 Å². The molecule has 0 saturated carbocycles. The van der Waals surface area contributed by atoms with Crippen LogP contribution in [-0.4, -0.2) is 11.9 Å². The Kier molecular flexibility index (Phi) is 5.03. The van der Waals surface area contributed by atoms with E-state index in [0.717, 1.165) is 5.56 Å². The maximum Gasteiger partial charge on any atom is 0.262 e. The highest BCUT2D eigenvalue weighted by molar-refractivity contribution is 6.30. The van der Waals surface area contributed by atoms with Crippen molar-refractivity contribution in [3.05, 3.63) is 52.8 Å². The first-order valence-electron chi connectivity index (χ1n) is 6.78. The minimum atomic E-state index is -0.418. The van der Waals surface area contributed by atoms with E-state index in [-0.39, 0.29) is 11.6 Å². The van der Waals surface area contributed by atoms with Gasteiger partial charge in [0.05, 0.1) is 0 Å².